The van der Waals surface area contributed by atoms with Crippen LogP contribution in [0.2, 0.25) is 0 Å². The molecule has 3 aromatic rings. The molecule has 0 fully saturated rings. The molecule has 0 saturated heterocycles. The van der Waals surface area contributed by atoms with Gasteiger partial charge in [0, 0.05) is 18.7 Å². The molecule has 148 valence electrons. The van der Waals surface area contributed by atoms with Crippen LogP contribution < -0.4 is 10.1 Å². The molecule has 0 aliphatic heterocycles. The first-order valence-electron chi connectivity index (χ1n) is 9.44. The molecule has 1 heterocycles. The SMILES string of the molecule is COc1cc(C=CC(=O)N[C@@H]2c3ccccc3CC2F)ccc1-n1cnc(C)c1. The number of nitrogens with one attached hydrogen (secondary N) is 1. The quantitative estimate of drug-likeness (QED) is 0.670. The number of amides is 1. The summed E-state index contributed by atoms with van der Waals surface area (Å²) in [6, 6.07) is 12.5. The number of imidazole rings is 1. The Morgan fingerprint density at radius 1 is 1.31 bits per heavy atom. The molecule has 1 N–H and O–H groups in total. The zero-order chi connectivity index (χ0) is 20.4. The third kappa shape index (κ3) is 3.92. The lowest BCUT2D eigenvalue weighted by molar-refractivity contribution is -0.117. The highest BCUT2D eigenvalue weighted by Gasteiger charge is 2.32. The van der Waals surface area contributed by atoms with Crippen molar-refractivity contribution in [1.29, 1.82) is 0 Å². The van der Waals surface area contributed by atoms with Gasteiger partial charge in [0.15, 0.2) is 0 Å². The standard InChI is InChI=1S/C23H22FN3O2/c1-15-13-27(14-25-15)20-9-7-16(11-21(20)29-2)8-10-22(28)26-23-18-6-4-3-5-17(18)12-19(23)24/h3-11,13-14,19,23H,12H2,1-2H3,(H,26,28)/t19?,23-/m1/s1. The lowest BCUT2D eigenvalue weighted by Crippen LogP contribution is -2.30. The second-order valence-corrected chi connectivity index (χ2v) is 7.09. The molecule has 1 unspecified atom stereocenters. The molecule has 5 nitrogen and oxygen atoms in total. The fraction of sp³-hybridized carbons (Fsp3) is 0.217. The van der Waals surface area contributed by atoms with E-state index < -0.39 is 12.2 Å². The van der Waals surface area contributed by atoms with Crippen molar-refractivity contribution in [2.45, 2.75) is 25.6 Å². The van der Waals surface area contributed by atoms with E-state index in [0.29, 0.717) is 12.2 Å². The highest BCUT2D eigenvalue weighted by molar-refractivity contribution is 5.92. The number of fused-ring (bicyclic) bond motifs is 1. The number of carbonyl (C=O) groups excluding carboxylic acids is 1. The van der Waals surface area contributed by atoms with Crippen molar-refractivity contribution in [2.24, 2.45) is 0 Å². The average molecular weight is 391 g/mol. The summed E-state index contributed by atoms with van der Waals surface area (Å²) in [6.07, 6.45) is 5.97. The Bertz CT molecular complexity index is 1070. The van der Waals surface area contributed by atoms with Gasteiger partial charge in [-0.1, -0.05) is 30.3 Å². The third-order valence-electron chi connectivity index (χ3n) is 5.09. The molecule has 0 bridgehead atoms. The maximum Gasteiger partial charge on any atom is 0.244 e. The Morgan fingerprint density at radius 2 is 2.14 bits per heavy atom. The fourth-order valence-electron chi connectivity index (χ4n) is 3.65. The number of hydrogen-bond acceptors (Lipinski definition) is 3. The summed E-state index contributed by atoms with van der Waals surface area (Å²) in [5.74, 6) is 0.334. The molecular formula is C23H22FN3O2. The summed E-state index contributed by atoms with van der Waals surface area (Å²) < 4.78 is 21.7. The van der Waals surface area contributed by atoms with E-state index in [1.807, 2.05) is 60.2 Å². The normalized spacial score (nSPS) is 18.0. The lowest BCUT2D eigenvalue weighted by Gasteiger charge is -2.15. The number of aryl methyl sites for hydroxylation is 1. The van der Waals surface area contributed by atoms with Crippen LogP contribution in [0.25, 0.3) is 11.8 Å². The summed E-state index contributed by atoms with van der Waals surface area (Å²) in [5, 5.41) is 2.78. The van der Waals surface area contributed by atoms with Crippen LogP contribution in [0.4, 0.5) is 4.39 Å². The van der Waals surface area contributed by atoms with E-state index in [1.54, 1.807) is 19.5 Å². The number of ether oxygens (including phenoxy) is 1. The highest BCUT2D eigenvalue weighted by atomic mass is 19.1. The molecule has 0 saturated carbocycles. The summed E-state index contributed by atoms with van der Waals surface area (Å²) in [4.78, 5) is 16.6. The van der Waals surface area contributed by atoms with Crippen molar-refractivity contribution in [3.8, 4) is 11.4 Å². The highest BCUT2D eigenvalue weighted by Crippen LogP contribution is 2.33. The van der Waals surface area contributed by atoms with Gasteiger partial charge in [-0.05, 0) is 41.8 Å². The average Bonchev–Trinajstić information content (AvgIpc) is 3.29. The number of rotatable bonds is 5. The number of methoxy groups -OCH3 is 1. The van der Waals surface area contributed by atoms with E-state index in [9.17, 15) is 9.18 Å². The van der Waals surface area contributed by atoms with Crippen LogP contribution in [-0.2, 0) is 11.2 Å². The van der Waals surface area contributed by atoms with Gasteiger partial charge in [0.1, 0.15) is 11.9 Å². The summed E-state index contributed by atoms with van der Waals surface area (Å²) >= 11 is 0. The molecule has 29 heavy (non-hydrogen) atoms. The molecule has 1 aliphatic rings. The molecule has 1 aliphatic carbocycles. The van der Waals surface area contributed by atoms with Crippen LogP contribution in [0, 0.1) is 6.92 Å². The van der Waals surface area contributed by atoms with E-state index in [1.165, 1.54) is 6.08 Å². The smallest absolute Gasteiger partial charge is 0.244 e. The van der Waals surface area contributed by atoms with Crippen molar-refractivity contribution >= 4 is 12.0 Å². The molecule has 6 heteroatoms. The van der Waals surface area contributed by atoms with Gasteiger partial charge in [-0.2, -0.15) is 0 Å². The van der Waals surface area contributed by atoms with Gasteiger partial charge in [0.2, 0.25) is 5.91 Å². The molecular weight excluding hydrogens is 369 g/mol. The van der Waals surface area contributed by atoms with Crippen LogP contribution in [-0.4, -0.2) is 28.7 Å². The number of benzene rings is 2. The first-order chi connectivity index (χ1) is 14.0. The molecule has 1 amide bonds. The zero-order valence-corrected chi connectivity index (χ0v) is 16.3. The van der Waals surface area contributed by atoms with E-state index in [4.69, 9.17) is 4.74 Å². The van der Waals surface area contributed by atoms with Crippen molar-refractivity contribution < 1.29 is 13.9 Å². The van der Waals surface area contributed by atoms with E-state index >= 15 is 0 Å². The number of halogens is 1. The van der Waals surface area contributed by atoms with Gasteiger partial charge >= 0.3 is 0 Å². The van der Waals surface area contributed by atoms with E-state index in [-0.39, 0.29) is 5.91 Å². The fourth-order valence-corrected chi connectivity index (χ4v) is 3.65. The van der Waals surface area contributed by atoms with Gasteiger partial charge in [0.05, 0.1) is 30.9 Å². The number of aromatic nitrogens is 2. The maximum absolute atomic E-state index is 14.3. The molecule has 2 aromatic carbocycles. The van der Waals surface area contributed by atoms with Crippen LogP contribution in [0.3, 0.4) is 0 Å². The van der Waals surface area contributed by atoms with Gasteiger partial charge < -0.3 is 14.6 Å². The Kier molecular flexibility index (Phi) is 5.16. The number of carbonyl (C=O) groups is 1. The summed E-state index contributed by atoms with van der Waals surface area (Å²) in [5.41, 5.74) is 4.37. The number of alkyl halides is 1. The van der Waals surface area contributed by atoms with Crippen LogP contribution >= 0.6 is 0 Å². The topological polar surface area (TPSA) is 56.1 Å². The van der Waals surface area contributed by atoms with Crippen molar-refractivity contribution in [2.75, 3.05) is 7.11 Å². The zero-order valence-electron chi connectivity index (χ0n) is 16.3. The van der Waals surface area contributed by atoms with Crippen molar-refractivity contribution in [3.05, 3.63) is 83.4 Å². The van der Waals surface area contributed by atoms with E-state index in [2.05, 4.69) is 10.3 Å². The van der Waals surface area contributed by atoms with E-state index in [0.717, 1.165) is 28.1 Å². The van der Waals surface area contributed by atoms with Gasteiger partial charge in [-0.25, -0.2) is 9.37 Å². The lowest BCUT2D eigenvalue weighted by atomic mass is 10.1. The molecule has 4 rings (SSSR count). The molecule has 0 radical (unpaired) electrons. The molecule has 0 spiro atoms. The minimum atomic E-state index is -1.11. The first kappa shape index (κ1) is 18.9. The molecule has 2 atom stereocenters. The largest absolute Gasteiger partial charge is 0.495 e. The second kappa shape index (κ2) is 7.91. The van der Waals surface area contributed by atoms with Gasteiger partial charge in [-0.3, -0.25) is 4.79 Å². The minimum Gasteiger partial charge on any atom is -0.495 e. The summed E-state index contributed by atoms with van der Waals surface area (Å²) in [6.45, 7) is 1.92. The number of hydrogen-bond donors (Lipinski definition) is 1. The maximum atomic E-state index is 14.3. The second-order valence-electron chi connectivity index (χ2n) is 7.09. The van der Waals surface area contributed by atoms with Gasteiger partial charge in [-0.15, -0.1) is 0 Å². The Morgan fingerprint density at radius 3 is 2.90 bits per heavy atom. The third-order valence-corrected chi connectivity index (χ3v) is 5.09. The predicted octanol–water partition coefficient (Wildman–Crippen LogP) is 3.95. The van der Waals surface area contributed by atoms with Crippen LogP contribution in [0.1, 0.15) is 28.4 Å². The Labute approximate surface area is 168 Å². The molecule has 1 aromatic heterocycles. The minimum absolute atomic E-state index is 0.331. The van der Waals surface area contributed by atoms with Gasteiger partial charge in [0.25, 0.3) is 0 Å². The van der Waals surface area contributed by atoms with Crippen LogP contribution in [0.5, 0.6) is 5.75 Å². The summed E-state index contributed by atoms with van der Waals surface area (Å²) in [7, 11) is 1.60. The van der Waals surface area contributed by atoms with Crippen molar-refractivity contribution in [3.63, 3.8) is 0 Å². The first-order valence-corrected chi connectivity index (χ1v) is 9.44. The predicted molar refractivity (Wildman–Crippen MR) is 110 cm³/mol. The Hall–Kier alpha value is -3.41. The van der Waals surface area contributed by atoms with Crippen molar-refractivity contribution in [1.82, 2.24) is 14.9 Å². The Balaban J connectivity index is 1.48. The number of nitrogens with zero attached hydrogens (tertiary/aromatic N) is 2. The van der Waals surface area contributed by atoms with Crippen LogP contribution in [0.15, 0.2) is 61.1 Å². The monoisotopic (exact) mass is 391 g/mol.